The molecule has 0 spiro atoms. The predicted octanol–water partition coefficient (Wildman–Crippen LogP) is 3.27. The standard InChI is InChI=1S/C24H27NO6/c26-13-16-29-22-7-1-19(2-8-22)25(20-3-9-23(10-4-20)30-17-14-27)21-5-11-24(12-6-21)31-18-15-28/h1-12,26-28H,13-18H2. The zero-order valence-corrected chi connectivity index (χ0v) is 17.2. The van der Waals surface area contributed by atoms with Crippen molar-refractivity contribution in [2.24, 2.45) is 0 Å². The Morgan fingerprint density at radius 1 is 0.452 bits per heavy atom. The van der Waals surface area contributed by atoms with Gasteiger partial charge in [-0.2, -0.15) is 0 Å². The number of anilines is 3. The summed E-state index contributed by atoms with van der Waals surface area (Å²) in [5, 5.41) is 26.8. The van der Waals surface area contributed by atoms with Crippen LogP contribution in [0.1, 0.15) is 0 Å². The normalized spacial score (nSPS) is 10.5. The van der Waals surface area contributed by atoms with E-state index in [1.165, 1.54) is 0 Å². The zero-order chi connectivity index (χ0) is 21.9. The fraction of sp³-hybridized carbons (Fsp3) is 0.250. The van der Waals surface area contributed by atoms with E-state index in [9.17, 15) is 0 Å². The van der Waals surface area contributed by atoms with Gasteiger partial charge in [0, 0.05) is 17.1 Å². The van der Waals surface area contributed by atoms with E-state index in [0.717, 1.165) is 17.1 Å². The van der Waals surface area contributed by atoms with Crippen LogP contribution in [0, 0.1) is 0 Å². The molecule has 0 amide bonds. The highest BCUT2D eigenvalue weighted by Gasteiger charge is 2.13. The van der Waals surface area contributed by atoms with E-state index >= 15 is 0 Å². The van der Waals surface area contributed by atoms with Gasteiger partial charge in [0.1, 0.15) is 37.1 Å². The molecule has 0 unspecified atom stereocenters. The van der Waals surface area contributed by atoms with Crippen LogP contribution in [0.2, 0.25) is 0 Å². The Balaban J connectivity index is 1.90. The number of aliphatic hydroxyl groups is 3. The molecule has 3 rings (SSSR count). The first-order valence-corrected chi connectivity index (χ1v) is 10.1. The van der Waals surface area contributed by atoms with Gasteiger partial charge in [-0.05, 0) is 72.8 Å². The number of hydrogen-bond donors (Lipinski definition) is 3. The number of ether oxygens (including phenoxy) is 3. The van der Waals surface area contributed by atoms with Crippen LogP contribution in [-0.2, 0) is 0 Å². The summed E-state index contributed by atoms with van der Waals surface area (Å²) in [4.78, 5) is 2.07. The average molecular weight is 425 g/mol. The van der Waals surface area contributed by atoms with Crippen molar-refractivity contribution in [3.63, 3.8) is 0 Å². The lowest BCUT2D eigenvalue weighted by Crippen LogP contribution is -2.10. The van der Waals surface area contributed by atoms with Gasteiger partial charge in [-0.1, -0.05) is 0 Å². The smallest absolute Gasteiger partial charge is 0.119 e. The summed E-state index contributed by atoms with van der Waals surface area (Å²) in [6.45, 7) is 0.616. The summed E-state index contributed by atoms with van der Waals surface area (Å²) < 4.78 is 16.4. The molecule has 0 saturated carbocycles. The molecule has 3 aromatic carbocycles. The number of nitrogens with zero attached hydrogens (tertiary/aromatic N) is 1. The summed E-state index contributed by atoms with van der Waals surface area (Å²) in [6.07, 6.45) is 0. The third-order valence-electron chi connectivity index (χ3n) is 4.36. The molecule has 0 bridgehead atoms. The fourth-order valence-corrected chi connectivity index (χ4v) is 3.01. The lowest BCUT2D eigenvalue weighted by molar-refractivity contribution is 0.201. The Hall–Kier alpha value is -3.26. The minimum absolute atomic E-state index is 0.0384. The molecule has 7 nitrogen and oxygen atoms in total. The monoisotopic (exact) mass is 425 g/mol. The SMILES string of the molecule is OCCOc1ccc(N(c2ccc(OCCO)cc2)c2ccc(OCCO)cc2)cc1. The molecular weight excluding hydrogens is 398 g/mol. The second-order valence-electron chi connectivity index (χ2n) is 6.53. The maximum atomic E-state index is 8.94. The Kier molecular flexibility index (Phi) is 8.54. The molecule has 31 heavy (non-hydrogen) atoms. The highest BCUT2D eigenvalue weighted by molar-refractivity contribution is 5.77. The van der Waals surface area contributed by atoms with Crippen LogP contribution < -0.4 is 19.1 Å². The van der Waals surface area contributed by atoms with Crippen LogP contribution >= 0.6 is 0 Å². The van der Waals surface area contributed by atoms with E-state index in [1.807, 2.05) is 72.8 Å². The van der Waals surface area contributed by atoms with Gasteiger partial charge in [-0.15, -0.1) is 0 Å². The van der Waals surface area contributed by atoms with Crippen LogP contribution in [0.4, 0.5) is 17.1 Å². The molecule has 0 fully saturated rings. The summed E-state index contributed by atoms with van der Waals surface area (Å²) >= 11 is 0. The minimum Gasteiger partial charge on any atom is -0.491 e. The summed E-state index contributed by atoms with van der Waals surface area (Å²) in [5.41, 5.74) is 2.76. The molecule has 164 valence electrons. The molecule has 3 N–H and O–H groups in total. The van der Waals surface area contributed by atoms with Crippen molar-refractivity contribution < 1.29 is 29.5 Å². The molecule has 0 aromatic heterocycles. The van der Waals surface area contributed by atoms with Gasteiger partial charge in [-0.3, -0.25) is 0 Å². The molecule has 0 radical (unpaired) electrons. The molecule has 0 heterocycles. The van der Waals surface area contributed by atoms with Crippen LogP contribution in [0.5, 0.6) is 17.2 Å². The van der Waals surface area contributed by atoms with Crippen molar-refractivity contribution in [3.8, 4) is 17.2 Å². The summed E-state index contributed by atoms with van der Waals surface area (Å²) in [6, 6.07) is 22.8. The van der Waals surface area contributed by atoms with Crippen LogP contribution in [-0.4, -0.2) is 55.0 Å². The highest BCUT2D eigenvalue weighted by atomic mass is 16.5. The van der Waals surface area contributed by atoms with Gasteiger partial charge < -0.3 is 34.4 Å². The minimum atomic E-state index is -0.0384. The molecule has 0 aliphatic carbocycles. The van der Waals surface area contributed by atoms with Gasteiger partial charge in [0.25, 0.3) is 0 Å². The van der Waals surface area contributed by atoms with Gasteiger partial charge in [0.2, 0.25) is 0 Å². The lowest BCUT2D eigenvalue weighted by Gasteiger charge is -2.26. The number of hydrogen-bond acceptors (Lipinski definition) is 7. The van der Waals surface area contributed by atoms with E-state index in [2.05, 4.69) is 4.90 Å². The summed E-state index contributed by atoms with van der Waals surface area (Å²) in [7, 11) is 0. The van der Waals surface area contributed by atoms with E-state index in [1.54, 1.807) is 0 Å². The van der Waals surface area contributed by atoms with E-state index in [0.29, 0.717) is 17.2 Å². The Bertz CT molecular complexity index is 774. The van der Waals surface area contributed by atoms with Crippen molar-refractivity contribution in [3.05, 3.63) is 72.8 Å². The first-order valence-electron chi connectivity index (χ1n) is 10.1. The van der Waals surface area contributed by atoms with Crippen molar-refractivity contribution >= 4 is 17.1 Å². The van der Waals surface area contributed by atoms with Crippen LogP contribution in [0.15, 0.2) is 72.8 Å². The predicted molar refractivity (Wildman–Crippen MR) is 119 cm³/mol. The van der Waals surface area contributed by atoms with Crippen LogP contribution in [0.25, 0.3) is 0 Å². The number of benzene rings is 3. The molecular formula is C24H27NO6. The summed E-state index contributed by atoms with van der Waals surface area (Å²) in [5.74, 6) is 2.04. The molecule has 3 aromatic rings. The van der Waals surface area contributed by atoms with Gasteiger partial charge >= 0.3 is 0 Å². The van der Waals surface area contributed by atoms with Gasteiger partial charge in [-0.25, -0.2) is 0 Å². The first-order chi connectivity index (χ1) is 15.2. The topological polar surface area (TPSA) is 91.6 Å². The highest BCUT2D eigenvalue weighted by Crippen LogP contribution is 2.36. The fourth-order valence-electron chi connectivity index (χ4n) is 3.01. The number of aliphatic hydroxyl groups excluding tert-OH is 3. The maximum absolute atomic E-state index is 8.94. The molecule has 0 atom stereocenters. The zero-order valence-electron chi connectivity index (χ0n) is 17.2. The van der Waals surface area contributed by atoms with Crippen molar-refractivity contribution in [1.29, 1.82) is 0 Å². The van der Waals surface area contributed by atoms with Crippen molar-refractivity contribution in [2.75, 3.05) is 44.5 Å². The molecule has 0 aliphatic heterocycles. The lowest BCUT2D eigenvalue weighted by atomic mass is 10.2. The van der Waals surface area contributed by atoms with E-state index < -0.39 is 0 Å². The quantitative estimate of drug-likeness (QED) is 0.410. The largest absolute Gasteiger partial charge is 0.491 e. The third kappa shape index (κ3) is 6.36. The van der Waals surface area contributed by atoms with Crippen molar-refractivity contribution in [1.82, 2.24) is 0 Å². The Morgan fingerprint density at radius 2 is 0.710 bits per heavy atom. The van der Waals surface area contributed by atoms with Crippen molar-refractivity contribution in [2.45, 2.75) is 0 Å². The second-order valence-corrected chi connectivity index (χ2v) is 6.53. The molecule has 0 aliphatic rings. The van der Waals surface area contributed by atoms with E-state index in [-0.39, 0.29) is 39.6 Å². The Morgan fingerprint density at radius 3 is 0.935 bits per heavy atom. The van der Waals surface area contributed by atoms with Gasteiger partial charge in [0.15, 0.2) is 0 Å². The molecule has 0 saturated heterocycles. The molecule has 7 heteroatoms. The first kappa shape index (κ1) is 22.4. The number of rotatable bonds is 12. The van der Waals surface area contributed by atoms with E-state index in [4.69, 9.17) is 29.5 Å². The third-order valence-corrected chi connectivity index (χ3v) is 4.36. The van der Waals surface area contributed by atoms with Gasteiger partial charge in [0.05, 0.1) is 19.8 Å². The maximum Gasteiger partial charge on any atom is 0.119 e. The Labute approximate surface area is 181 Å². The van der Waals surface area contributed by atoms with Crippen LogP contribution in [0.3, 0.4) is 0 Å². The second kappa shape index (κ2) is 11.8. The average Bonchev–Trinajstić information content (AvgIpc) is 2.82.